The average Bonchev–Trinajstić information content (AvgIpc) is 2.52. The van der Waals surface area contributed by atoms with E-state index in [0.717, 1.165) is 6.42 Å². The van der Waals surface area contributed by atoms with Gasteiger partial charge in [-0.25, -0.2) is 13.1 Å². The molecule has 7 heteroatoms. The summed E-state index contributed by atoms with van der Waals surface area (Å²) in [5.74, 6) is 1.27. The van der Waals surface area contributed by atoms with Gasteiger partial charge in [-0.3, -0.25) is 9.69 Å². The fraction of sp³-hybridized carbons (Fsp3) is 0.938. The van der Waals surface area contributed by atoms with Crippen LogP contribution in [-0.2, 0) is 14.8 Å². The number of nitrogens with one attached hydrogen (secondary N) is 2. The van der Waals surface area contributed by atoms with Gasteiger partial charge < -0.3 is 5.32 Å². The lowest BCUT2D eigenvalue weighted by atomic mass is 9.78. The van der Waals surface area contributed by atoms with E-state index in [-0.39, 0.29) is 17.2 Å². The molecule has 2 aliphatic rings. The van der Waals surface area contributed by atoms with E-state index in [0.29, 0.717) is 44.3 Å². The Bertz CT molecular complexity index is 501. The molecule has 0 spiro atoms. The molecule has 3 unspecified atom stereocenters. The van der Waals surface area contributed by atoms with Crippen LogP contribution < -0.4 is 10.0 Å². The van der Waals surface area contributed by atoms with Gasteiger partial charge in [-0.05, 0) is 51.2 Å². The smallest absolute Gasteiger partial charge is 0.234 e. The summed E-state index contributed by atoms with van der Waals surface area (Å²) in [5.41, 5.74) is 0. The zero-order valence-corrected chi connectivity index (χ0v) is 15.4. The van der Waals surface area contributed by atoms with Crippen molar-refractivity contribution in [2.75, 3.05) is 26.7 Å². The lowest BCUT2D eigenvalue weighted by molar-refractivity contribution is -0.123. The molecule has 0 radical (unpaired) electrons. The second kappa shape index (κ2) is 7.94. The van der Waals surface area contributed by atoms with E-state index >= 15 is 0 Å². The Kier molecular flexibility index (Phi) is 6.45. The van der Waals surface area contributed by atoms with Crippen molar-refractivity contribution in [3.63, 3.8) is 0 Å². The van der Waals surface area contributed by atoms with E-state index in [1.807, 2.05) is 0 Å². The summed E-state index contributed by atoms with van der Waals surface area (Å²) in [6.45, 7) is 6.19. The summed E-state index contributed by atoms with van der Waals surface area (Å²) in [7, 11) is -1.73. The van der Waals surface area contributed by atoms with Crippen molar-refractivity contribution < 1.29 is 13.2 Å². The SMILES string of the molecule is CNS(=O)(=O)C1CCN(CC(=O)NC2CCCC(C)C2C)CC1. The number of hydrogen-bond donors (Lipinski definition) is 2. The van der Waals surface area contributed by atoms with Crippen LogP contribution in [0.25, 0.3) is 0 Å². The first-order valence-electron chi connectivity index (χ1n) is 8.77. The predicted octanol–water partition coefficient (Wildman–Crippen LogP) is 0.941. The molecular weight excluding hydrogens is 314 g/mol. The lowest BCUT2D eigenvalue weighted by Gasteiger charge is -2.36. The molecule has 1 aliphatic heterocycles. The van der Waals surface area contributed by atoms with Crippen molar-refractivity contribution in [3.05, 3.63) is 0 Å². The molecule has 1 saturated carbocycles. The number of carbonyl (C=O) groups is 1. The van der Waals surface area contributed by atoms with Crippen molar-refractivity contribution in [2.45, 2.75) is 57.2 Å². The summed E-state index contributed by atoms with van der Waals surface area (Å²) < 4.78 is 26.0. The topological polar surface area (TPSA) is 78.5 Å². The van der Waals surface area contributed by atoms with Crippen molar-refractivity contribution in [1.29, 1.82) is 0 Å². The number of hydrogen-bond acceptors (Lipinski definition) is 4. The van der Waals surface area contributed by atoms with Crippen LogP contribution in [0.3, 0.4) is 0 Å². The molecule has 134 valence electrons. The van der Waals surface area contributed by atoms with E-state index in [2.05, 4.69) is 28.8 Å². The molecule has 0 aromatic heterocycles. The second-order valence-electron chi connectivity index (χ2n) is 7.17. The number of carbonyl (C=O) groups excluding carboxylic acids is 1. The Morgan fingerprint density at radius 3 is 2.39 bits per heavy atom. The molecule has 1 aliphatic carbocycles. The first-order chi connectivity index (χ1) is 10.8. The van der Waals surface area contributed by atoms with E-state index in [1.54, 1.807) is 0 Å². The van der Waals surface area contributed by atoms with Crippen LogP contribution in [0.5, 0.6) is 0 Å². The maximum atomic E-state index is 12.3. The van der Waals surface area contributed by atoms with Crippen molar-refractivity contribution in [1.82, 2.24) is 14.9 Å². The van der Waals surface area contributed by atoms with Gasteiger partial charge in [0, 0.05) is 6.04 Å². The van der Waals surface area contributed by atoms with Gasteiger partial charge in [-0.1, -0.05) is 26.7 Å². The minimum absolute atomic E-state index is 0.0749. The van der Waals surface area contributed by atoms with Crippen molar-refractivity contribution in [3.8, 4) is 0 Å². The Balaban J connectivity index is 1.77. The zero-order chi connectivity index (χ0) is 17.0. The van der Waals surface area contributed by atoms with E-state index < -0.39 is 10.0 Å². The summed E-state index contributed by atoms with van der Waals surface area (Å²) in [4.78, 5) is 14.3. The number of likely N-dealkylation sites (tertiary alicyclic amines) is 1. The fourth-order valence-electron chi connectivity index (χ4n) is 3.79. The van der Waals surface area contributed by atoms with Gasteiger partial charge in [0.05, 0.1) is 11.8 Å². The third-order valence-electron chi connectivity index (χ3n) is 5.68. The van der Waals surface area contributed by atoms with Crippen LogP contribution in [0.2, 0.25) is 0 Å². The zero-order valence-electron chi connectivity index (χ0n) is 14.5. The van der Waals surface area contributed by atoms with E-state index in [9.17, 15) is 13.2 Å². The van der Waals surface area contributed by atoms with Gasteiger partial charge in [0.2, 0.25) is 15.9 Å². The third-order valence-corrected chi connectivity index (χ3v) is 7.60. The maximum Gasteiger partial charge on any atom is 0.234 e. The Labute approximate surface area is 140 Å². The maximum absolute atomic E-state index is 12.3. The summed E-state index contributed by atoms with van der Waals surface area (Å²) in [6, 6.07) is 0.286. The predicted molar refractivity (Wildman–Crippen MR) is 91.6 cm³/mol. The first-order valence-corrected chi connectivity index (χ1v) is 10.3. The molecule has 1 amide bonds. The van der Waals surface area contributed by atoms with E-state index in [4.69, 9.17) is 0 Å². The lowest BCUT2D eigenvalue weighted by Crippen LogP contribution is -2.49. The molecular formula is C16H31N3O3S. The summed E-state index contributed by atoms with van der Waals surface area (Å²) >= 11 is 0. The first kappa shape index (κ1) is 18.7. The molecule has 0 aromatic rings. The Morgan fingerprint density at radius 1 is 1.13 bits per heavy atom. The summed E-state index contributed by atoms with van der Waals surface area (Å²) in [5, 5.41) is 2.86. The number of rotatable bonds is 5. The second-order valence-corrected chi connectivity index (χ2v) is 9.33. The molecule has 2 fully saturated rings. The molecule has 23 heavy (non-hydrogen) atoms. The van der Waals surface area contributed by atoms with Gasteiger partial charge in [0.15, 0.2) is 0 Å². The highest BCUT2D eigenvalue weighted by atomic mass is 32.2. The van der Waals surface area contributed by atoms with Crippen molar-refractivity contribution in [2.24, 2.45) is 11.8 Å². The van der Waals surface area contributed by atoms with Crippen LogP contribution >= 0.6 is 0 Å². The number of piperidine rings is 1. The van der Waals surface area contributed by atoms with Crippen molar-refractivity contribution >= 4 is 15.9 Å². The van der Waals surface area contributed by atoms with Gasteiger partial charge in [-0.2, -0.15) is 0 Å². The van der Waals surface area contributed by atoms with Crippen LogP contribution in [-0.4, -0.2) is 57.2 Å². The quantitative estimate of drug-likeness (QED) is 0.777. The number of sulfonamides is 1. The molecule has 2 rings (SSSR count). The van der Waals surface area contributed by atoms with Gasteiger partial charge in [0.25, 0.3) is 0 Å². The average molecular weight is 346 g/mol. The van der Waals surface area contributed by atoms with Crippen LogP contribution in [0, 0.1) is 11.8 Å². The highest BCUT2D eigenvalue weighted by Crippen LogP contribution is 2.29. The minimum Gasteiger partial charge on any atom is -0.352 e. The number of nitrogens with zero attached hydrogens (tertiary/aromatic N) is 1. The van der Waals surface area contributed by atoms with Crippen LogP contribution in [0.1, 0.15) is 46.0 Å². The molecule has 2 N–H and O–H groups in total. The van der Waals surface area contributed by atoms with Gasteiger partial charge in [-0.15, -0.1) is 0 Å². The monoisotopic (exact) mass is 345 g/mol. The van der Waals surface area contributed by atoms with Gasteiger partial charge in [0.1, 0.15) is 0 Å². The molecule has 6 nitrogen and oxygen atoms in total. The summed E-state index contributed by atoms with van der Waals surface area (Å²) in [6.07, 6.45) is 4.69. The Morgan fingerprint density at radius 2 is 1.78 bits per heavy atom. The molecule has 0 aromatic carbocycles. The molecule has 0 bridgehead atoms. The van der Waals surface area contributed by atoms with E-state index in [1.165, 1.54) is 19.9 Å². The number of amides is 1. The standard InChI is InChI=1S/C16H31N3O3S/c1-12-5-4-6-15(13(12)2)18-16(20)11-19-9-7-14(8-10-19)23(21,22)17-3/h12-15,17H,4-11H2,1-3H3,(H,18,20). The van der Waals surface area contributed by atoms with Crippen LogP contribution in [0.4, 0.5) is 0 Å². The molecule has 1 heterocycles. The molecule has 1 saturated heterocycles. The largest absolute Gasteiger partial charge is 0.352 e. The fourth-order valence-corrected chi connectivity index (χ4v) is 4.95. The third kappa shape index (κ3) is 4.90. The minimum atomic E-state index is -3.19. The highest BCUT2D eigenvalue weighted by molar-refractivity contribution is 7.90. The van der Waals surface area contributed by atoms with Gasteiger partial charge >= 0.3 is 0 Å². The normalized spacial score (nSPS) is 31.0. The van der Waals surface area contributed by atoms with Crippen LogP contribution in [0.15, 0.2) is 0 Å². The highest BCUT2D eigenvalue weighted by Gasteiger charge is 2.31. The molecule has 3 atom stereocenters. The Hall–Kier alpha value is -0.660.